The van der Waals surface area contributed by atoms with Crippen molar-refractivity contribution in [3.05, 3.63) is 46.5 Å². The minimum atomic E-state index is -0.0440. The van der Waals surface area contributed by atoms with Gasteiger partial charge in [0.15, 0.2) is 0 Å². The van der Waals surface area contributed by atoms with E-state index < -0.39 is 0 Å². The molecule has 0 spiro atoms. The van der Waals surface area contributed by atoms with Gasteiger partial charge in [0.05, 0.1) is 11.3 Å². The van der Waals surface area contributed by atoms with Crippen molar-refractivity contribution in [3.63, 3.8) is 0 Å². The van der Waals surface area contributed by atoms with Crippen LogP contribution in [0.3, 0.4) is 0 Å². The number of nitrogens with zero attached hydrogens (tertiary/aromatic N) is 2. The lowest BCUT2D eigenvalue weighted by atomic mass is 9.80. The maximum atomic E-state index is 12.0. The molecule has 1 aliphatic rings. The fraction of sp³-hybridized carbons (Fsp3) is 0.467. The average molecular weight is 273 g/mol. The molecule has 0 aliphatic heterocycles. The van der Waals surface area contributed by atoms with Crippen molar-refractivity contribution in [2.24, 2.45) is 0 Å². The molecule has 3 rings (SSSR count). The third-order valence-electron chi connectivity index (χ3n) is 4.08. The van der Waals surface area contributed by atoms with Gasteiger partial charge in [0, 0.05) is 32.5 Å². The maximum absolute atomic E-state index is 12.0. The van der Waals surface area contributed by atoms with E-state index in [1.807, 2.05) is 18.2 Å². The summed E-state index contributed by atoms with van der Waals surface area (Å²) in [6.45, 7) is 1.39. The zero-order chi connectivity index (χ0) is 14.0. The van der Waals surface area contributed by atoms with Gasteiger partial charge in [-0.2, -0.15) is 0 Å². The van der Waals surface area contributed by atoms with Gasteiger partial charge in [0.1, 0.15) is 5.65 Å². The van der Waals surface area contributed by atoms with Crippen molar-refractivity contribution < 1.29 is 4.74 Å². The molecule has 0 amide bonds. The SMILES string of the molecule is COC1(CNCc2cc(=O)n3ccccc3n2)CCC1. The molecule has 0 radical (unpaired) electrons. The number of hydrogen-bond donors (Lipinski definition) is 1. The minimum Gasteiger partial charge on any atom is -0.377 e. The van der Waals surface area contributed by atoms with E-state index in [1.165, 1.54) is 6.42 Å². The van der Waals surface area contributed by atoms with Crippen molar-refractivity contribution in [3.8, 4) is 0 Å². The first-order valence-electron chi connectivity index (χ1n) is 6.96. The van der Waals surface area contributed by atoms with Gasteiger partial charge < -0.3 is 10.1 Å². The number of hydrogen-bond acceptors (Lipinski definition) is 4. The fourth-order valence-corrected chi connectivity index (χ4v) is 2.64. The second-order valence-corrected chi connectivity index (χ2v) is 5.36. The summed E-state index contributed by atoms with van der Waals surface area (Å²) in [7, 11) is 1.77. The first kappa shape index (κ1) is 13.3. The number of aromatic nitrogens is 2. The molecule has 2 aromatic rings. The smallest absolute Gasteiger partial charge is 0.258 e. The fourth-order valence-electron chi connectivity index (χ4n) is 2.64. The highest BCUT2D eigenvalue weighted by atomic mass is 16.5. The van der Waals surface area contributed by atoms with Crippen LogP contribution in [-0.2, 0) is 11.3 Å². The summed E-state index contributed by atoms with van der Waals surface area (Å²) in [6, 6.07) is 7.13. The van der Waals surface area contributed by atoms with Gasteiger partial charge in [0.2, 0.25) is 0 Å². The standard InChI is InChI=1S/C15H19N3O2/c1-20-15(6-4-7-15)11-16-10-12-9-14(19)18-8-3-2-5-13(18)17-12/h2-3,5,8-9,16H,4,6-7,10-11H2,1H3. The third-order valence-corrected chi connectivity index (χ3v) is 4.08. The Kier molecular flexibility index (Phi) is 3.54. The highest BCUT2D eigenvalue weighted by Gasteiger charge is 2.36. The number of rotatable bonds is 5. The zero-order valence-electron chi connectivity index (χ0n) is 11.6. The third kappa shape index (κ3) is 2.46. The van der Waals surface area contributed by atoms with E-state index in [2.05, 4.69) is 10.3 Å². The van der Waals surface area contributed by atoms with Crippen molar-refractivity contribution in [2.75, 3.05) is 13.7 Å². The van der Waals surface area contributed by atoms with E-state index in [1.54, 1.807) is 23.8 Å². The van der Waals surface area contributed by atoms with Gasteiger partial charge >= 0.3 is 0 Å². The molecule has 2 aromatic heterocycles. The van der Waals surface area contributed by atoms with Crippen LogP contribution in [0.5, 0.6) is 0 Å². The molecule has 20 heavy (non-hydrogen) atoms. The van der Waals surface area contributed by atoms with Crippen LogP contribution in [-0.4, -0.2) is 28.6 Å². The Balaban J connectivity index is 1.70. The highest BCUT2D eigenvalue weighted by molar-refractivity contribution is 5.37. The van der Waals surface area contributed by atoms with E-state index in [9.17, 15) is 4.79 Å². The van der Waals surface area contributed by atoms with Crippen LogP contribution in [0.4, 0.5) is 0 Å². The molecule has 2 heterocycles. The van der Waals surface area contributed by atoms with Crippen LogP contribution < -0.4 is 10.9 Å². The summed E-state index contributed by atoms with van der Waals surface area (Å²) in [4.78, 5) is 16.4. The number of pyridine rings is 1. The molecule has 5 nitrogen and oxygen atoms in total. The Morgan fingerprint density at radius 1 is 1.45 bits per heavy atom. The van der Waals surface area contributed by atoms with Gasteiger partial charge in [-0.15, -0.1) is 0 Å². The van der Waals surface area contributed by atoms with Gasteiger partial charge in [-0.25, -0.2) is 4.98 Å². The summed E-state index contributed by atoms with van der Waals surface area (Å²) < 4.78 is 7.10. The molecule has 1 fully saturated rings. The summed E-state index contributed by atoms with van der Waals surface area (Å²) >= 11 is 0. The van der Waals surface area contributed by atoms with E-state index >= 15 is 0 Å². The van der Waals surface area contributed by atoms with E-state index in [4.69, 9.17) is 4.74 Å². The quantitative estimate of drug-likeness (QED) is 0.893. The van der Waals surface area contributed by atoms with Crippen LogP contribution >= 0.6 is 0 Å². The van der Waals surface area contributed by atoms with Crippen molar-refractivity contribution >= 4 is 5.65 Å². The molecule has 0 aromatic carbocycles. The molecule has 0 bridgehead atoms. The Labute approximate surface area is 117 Å². The normalized spacial score (nSPS) is 17.1. The van der Waals surface area contributed by atoms with Crippen LogP contribution in [0.25, 0.3) is 5.65 Å². The molecule has 0 unspecified atom stereocenters. The molecule has 0 atom stereocenters. The van der Waals surface area contributed by atoms with Crippen molar-refractivity contribution in [1.82, 2.24) is 14.7 Å². The number of nitrogens with one attached hydrogen (secondary N) is 1. The number of methoxy groups -OCH3 is 1. The first-order chi connectivity index (χ1) is 9.72. The molecule has 5 heteroatoms. The number of ether oxygens (including phenoxy) is 1. The molecule has 1 aliphatic carbocycles. The Morgan fingerprint density at radius 3 is 3.00 bits per heavy atom. The maximum Gasteiger partial charge on any atom is 0.258 e. The van der Waals surface area contributed by atoms with Gasteiger partial charge in [0.25, 0.3) is 5.56 Å². The molecule has 106 valence electrons. The van der Waals surface area contributed by atoms with Crippen LogP contribution in [0.2, 0.25) is 0 Å². The lowest BCUT2D eigenvalue weighted by Gasteiger charge is -2.40. The largest absolute Gasteiger partial charge is 0.377 e. The second-order valence-electron chi connectivity index (χ2n) is 5.36. The van der Waals surface area contributed by atoms with Crippen LogP contribution in [0, 0.1) is 0 Å². The summed E-state index contributed by atoms with van der Waals surface area (Å²) in [6.07, 6.45) is 5.16. The molecule has 0 saturated heterocycles. The van der Waals surface area contributed by atoms with Gasteiger partial charge in [-0.3, -0.25) is 9.20 Å². The summed E-state index contributed by atoms with van der Waals surface area (Å²) in [5.41, 5.74) is 1.40. The van der Waals surface area contributed by atoms with Gasteiger partial charge in [-0.05, 0) is 31.4 Å². The molecule has 1 N–H and O–H groups in total. The lowest BCUT2D eigenvalue weighted by molar-refractivity contribution is -0.0695. The van der Waals surface area contributed by atoms with E-state index in [-0.39, 0.29) is 11.2 Å². The molecular formula is C15H19N3O2. The van der Waals surface area contributed by atoms with E-state index in [0.717, 1.165) is 25.1 Å². The predicted octanol–water partition coefficient (Wildman–Crippen LogP) is 1.35. The first-order valence-corrected chi connectivity index (χ1v) is 6.96. The predicted molar refractivity (Wildman–Crippen MR) is 76.8 cm³/mol. The Morgan fingerprint density at radius 2 is 2.30 bits per heavy atom. The van der Waals surface area contributed by atoms with Gasteiger partial charge in [-0.1, -0.05) is 6.07 Å². The zero-order valence-corrected chi connectivity index (χ0v) is 11.6. The van der Waals surface area contributed by atoms with Crippen LogP contribution in [0.1, 0.15) is 25.0 Å². The minimum absolute atomic E-state index is 0.00804. The highest BCUT2D eigenvalue weighted by Crippen LogP contribution is 2.34. The van der Waals surface area contributed by atoms with Crippen molar-refractivity contribution in [1.29, 1.82) is 0 Å². The van der Waals surface area contributed by atoms with Crippen molar-refractivity contribution in [2.45, 2.75) is 31.4 Å². The number of fused-ring (bicyclic) bond motifs is 1. The Bertz CT molecular complexity index is 656. The summed E-state index contributed by atoms with van der Waals surface area (Å²) in [5, 5.41) is 3.35. The topological polar surface area (TPSA) is 55.6 Å². The second kappa shape index (κ2) is 5.34. The Hall–Kier alpha value is -1.72. The lowest BCUT2D eigenvalue weighted by Crippen LogP contribution is -2.47. The van der Waals surface area contributed by atoms with Crippen LogP contribution in [0.15, 0.2) is 35.3 Å². The summed E-state index contributed by atoms with van der Waals surface area (Å²) in [5.74, 6) is 0. The molecular weight excluding hydrogens is 254 g/mol. The molecule has 1 saturated carbocycles. The van der Waals surface area contributed by atoms with E-state index in [0.29, 0.717) is 12.2 Å². The monoisotopic (exact) mass is 273 g/mol. The average Bonchev–Trinajstić information content (AvgIpc) is 2.42.